The summed E-state index contributed by atoms with van der Waals surface area (Å²) in [5.74, 6) is 5.42. The van der Waals surface area contributed by atoms with Gasteiger partial charge in [0.05, 0.1) is 17.6 Å². The van der Waals surface area contributed by atoms with Gasteiger partial charge in [-0.2, -0.15) is 0 Å². The third-order valence-electron chi connectivity index (χ3n) is 3.40. The molecule has 2 rings (SSSR count). The topological polar surface area (TPSA) is 63.4 Å². The smallest absolute Gasteiger partial charge is 0.239 e. The normalized spacial score (nSPS) is 17.1. The molecule has 1 aliphatic heterocycles. The Balaban J connectivity index is 2.39. The van der Waals surface area contributed by atoms with Crippen LogP contribution in [0, 0.1) is 24.2 Å². The molecular weight excluding hydrogens is 252 g/mol. The number of aryl methyl sites for hydroxylation is 1. The van der Waals surface area contributed by atoms with Crippen LogP contribution in [0.4, 0.5) is 5.69 Å². The summed E-state index contributed by atoms with van der Waals surface area (Å²) in [7, 11) is 0. The van der Waals surface area contributed by atoms with E-state index in [0.717, 1.165) is 11.1 Å². The van der Waals surface area contributed by atoms with Gasteiger partial charge in [0.1, 0.15) is 0 Å². The molecule has 0 aromatic heterocycles. The number of nitrogens with zero attached hydrogens (tertiary/aromatic N) is 1. The third-order valence-corrected chi connectivity index (χ3v) is 3.40. The minimum Gasteiger partial charge on any atom is -0.320 e. The number of imide groups is 1. The number of hydrogen-bond donors (Lipinski definition) is 1. The molecule has 20 heavy (non-hydrogen) atoms. The third kappa shape index (κ3) is 2.45. The lowest BCUT2D eigenvalue weighted by Crippen LogP contribution is -2.33. The number of anilines is 1. The minimum absolute atomic E-state index is 0.147. The molecule has 0 radical (unpaired) electrons. The Bertz CT molecular complexity index is 636. The van der Waals surface area contributed by atoms with Crippen LogP contribution < -0.4 is 10.6 Å². The first-order chi connectivity index (χ1) is 9.36. The monoisotopic (exact) mass is 270 g/mol. The highest BCUT2D eigenvalue weighted by molar-refractivity contribution is 6.22. The van der Waals surface area contributed by atoms with Gasteiger partial charge in [0.15, 0.2) is 0 Å². The quantitative estimate of drug-likeness (QED) is 0.622. The fourth-order valence-electron chi connectivity index (χ4n) is 2.33. The Kier molecular flexibility index (Phi) is 3.65. The van der Waals surface area contributed by atoms with E-state index < -0.39 is 5.41 Å². The van der Waals surface area contributed by atoms with Gasteiger partial charge >= 0.3 is 0 Å². The van der Waals surface area contributed by atoms with Crippen molar-refractivity contribution in [3.8, 4) is 11.8 Å². The van der Waals surface area contributed by atoms with Gasteiger partial charge in [-0.25, -0.2) is 4.90 Å². The largest absolute Gasteiger partial charge is 0.320 e. The number of benzene rings is 1. The lowest BCUT2D eigenvalue weighted by Gasteiger charge is -2.19. The first-order valence-corrected chi connectivity index (χ1v) is 6.54. The standard InChI is InChI=1S/C16H18N2O2/c1-11-9-12(5-4-8-17)6-7-13(11)18-14(19)10-16(2,3)15(18)20/h6-7,9H,8,10,17H2,1-3H3. The van der Waals surface area contributed by atoms with Gasteiger partial charge in [0.2, 0.25) is 11.8 Å². The minimum atomic E-state index is -0.623. The molecule has 1 aromatic carbocycles. The van der Waals surface area contributed by atoms with E-state index in [2.05, 4.69) is 11.8 Å². The van der Waals surface area contributed by atoms with Crippen molar-refractivity contribution in [3.63, 3.8) is 0 Å². The summed E-state index contributed by atoms with van der Waals surface area (Å²) >= 11 is 0. The molecule has 4 heteroatoms. The van der Waals surface area contributed by atoms with E-state index in [1.165, 1.54) is 4.90 Å². The van der Waals surface area contributed by atoms with Crippen molar-refractivity contribution in [1.29, 1.82) is 0 Å². The van der Waals surface area contributed by atoms with E-state index in [9.17, 15) is 9.59 Å². The molecule has 2 N–H and O–H groups in total. The maximum absolute atomic E-state index is 12.3. The fraction of sp³-hybridized carbons (Fsp3) is 0.375. The number of nitrogens with two attached hydrogens (primary N) is 1. The maximum atomic E-state index is 12.3. The van der Waals surface area contributed by atoms with Crippen molar-refractivity contribution in [2.45, 2.75) is 27.2 Å². The van der Waals surface area contributed by atoms with E-state index in [1.807, 2.05) is 13.0 Å². The summed E-state index contributed by atoms with van der Waals surface area (Å²) in [6.07, 6.45) is 0.250. The molecular formula is C16H18N2O2. The van der Waals surface area contributed by atoms with Crippen LogP contribution in [0.5, 0.6) is 0 Å². The van der Waals surface area contributed by atoms with Crippen LogP contribution in [0.15, 0.2) is 18.2 Å². The van der Waals surface area contributed by atoms with Crippen molar-refractivity contribution in [2.24, 2.45) is 11.1 Å². The van der Waals surface area contributed by atoms with Crippen LogP contribution in [-0.4, -0.2) is 18.4 Å². The van der Waals surface area contributed by atoms with E-state index >= 15 is 0 Å². The van der Waals surface area contributed by atoms with Crippen LogP contribution in [0.1, 0.15) is 31.4 Å². The number of hydrogen-bond acceptors (Lipinski definition) is 3. The zero-order valence-electron chi connectivity index (χ0n) is 12.0. The van der Waals surface area contributed by atoms with Crippen LogP contribution in [-0.2, 0) is 9.59 Å². The van der Waals surface area contributed by atoms with Crippen molar-refractivity contribution >= 4 is 17.5 Å². The SMILES string of the molecule is Cc1cc(C#CCN)ccc1N1C(=O)CC(C)(C)C1=O. The van der Waals surface area contributed by atoms with Crippen molar-refractivity contribution in [3.05, 3.63) is 29.3 Å². The Morgan fingerprint density at radius 3 is 2.55 bits per heavy atom. The molecule has 2 amide bonds. The Labute approximate surface area is 118 Å². The molecule has 1 heterocycles. The molecule has 0 aliphatic carbocycles. The van der Waals surface area contributed by atoms with Crippen molar-refractivity contribution < 1.29 is 9.59 Å². The fourth-order valence-corrected chi connectivity index (χ4v) is 2.33. The first kappa shape index (κ1) is 14.3. The Morgan fingerprint density at radius 2 is 2.05 bits per heavy atom. The summed E-state index contributed by atoms with van der Waals surface area (Å²) in [6.45, 7) is 5.76. The Hall–Kier alpha value is -2.12. The van der Waals surface area contributed by atoms with Crippen LogP contribution in [0.3, 0.4) is 0 Å². The van der Waals surface area contributed by atoms with E-state index in [1.54, 1.807) is 26.0 Å². The number of carbonyl (C=O) groups is 2. The summed E-state index contributed by atoms with van der Waals surface area (Å²) in [4.78, 5) is 25.7. The number of amides is 2. The number of rotatable bonds is 1. The predicted octanol–water partition coefficient (Wildman–Crippen LogP) is 1.59. The van der Waals surface area contributed by atoms with Crippen molar-refractivity contribution in [1.82, 2.24) is 0 Å². The second-order valence-corrected chi connectivity index (χ2v) is 5.60. The highest BCUT2D eigenvalue weighted by Gasteiger charge is 2.45. The van der Waals surface area contributed by atoms with Gasteiger partial charge in [0.25, 0.3) is 0 Å². The van der Waals surface area contributed by atoms with E-state index in [4.69, 9.17) is 5.73 Å². The average molecular weight is 270 g/mol. The van der Waals surface area contributed by atoms with Gasteiger partial charge in [0, 0.05) is 12.0 Å². The van der Waals surface area contributed by atoms with Gasteiger partial charge in [-0.15, -0.1) is 0 Å². The second kappa shape index (κ2) is 5.10. The highest BCUT2D eigenvalue weighted by atomic mass is 16.2. The molecule has 0 bridgehead atoms. The van der Waals surface area contributed by atoms with Crippen molar-refractivity contribution in [2.75, 3.05) is 11.4 Å². The molecule has 0 saturated carbocycles. The van der Waals surface area contributed by atoms with Gasteiger partial charge < -0.3 is 5.73 Å². The molecule has 104 valence electrons. The maximum Gasteiger partial charge on any atom is 0.239 e. The van der Waals surface area contributed by atoms with Gasteiger partial charge in [-0.05, 0) is 30.7 Å². The van der Waals surface area contributed by atoms with Gasteiger partial charge in [-0.1, -0.05) is 25.7 Å². The predicted molar refractivity (Wildman–Crippen MR) is 78.0 cm³/mol. The zero-order valence-corrected chi connectivity index (χ0v) is 12.0. The summed E-state index contributed by atoms with van der Waals surface area (Å²) in [5, 5.41) is 0. The van der Waals surface area contributed by atoms with Gasteiger partial charge in [-0.3, -0.25) is 9.59 Å². The lowest BCUT2D eigenvalue weighted by atomic mass is 9.92. The number of carbonyl (C=O) groups excluding carboxylic acids is 2. The highest BCUT2D eigenvalue weighted by Crippen LogP contribution is 2.36. The van der Waals surface area contributed by atoms with Crippen LogP contribution >= 0.6 is 0 Å². The van der Waals surface area contributed by atoms with Crippen LogP contribution in [0.2, 0.25) is 0 Å². The molecule has 0 atom stereocenters. The van der Waals surface area contributed by atoms with Crippen LogP contribution in [0.25, 0.3) is 0 Å². The molecule has 1 saturated heterocycles. The molecule has 1 fully saturated rings. The summed E-state index contributed by atoms with van der Waals surface area (Å²) in [6, 6.07) is 5.44. The second-order valence-electron chi connectivity index (χ2n) is 5.60. The molecule has 1 aliphatic rings. The summed E-state index contributed by atoms with van der Waals surface area (Å²) < 4.78 is 0. The lowest BCUT2D eigenvalue weighted by molar-refractivity contribution is -0.124. The molecule has 4 nitrogen and oxygen atoms in total. The molecule has 0 unspecified atom stereocenters. The zero-order chi connectivity index (χ0) is 14.9. The van der Waals surface area contributed by atoms with E-state index in [-0.39, 0.29) is 18.2 Å². The first-order valence-electron chi connectivity index (χ1n) is 6.54. The Morgan fingerprint density at radius 1 is 1.35 bits per heavy atom. The summed E-state index contributed by atoms with van der Waals surface area (Å²) in [5.41, 5.74) is 7.04. The van der Waals surface area contributed by atoms with E-state index in [0.29, 0.717) is 12.2 Å². The molecule has 1 aromatic rings. The molecule has 0 spiro atoms. The average Bonchev–Trinajstić information content (AvgIpc) is 2.57.